The highest BCUT2D eigenvalue weighted by atomic mass is 16.6. The second-order valence-electron chi connectivity index (χ2n) is 3.58. The number of para-hydroxylation sites is 1. The molecule has 2 rings (SSSR count). The average molecular weight is 219 g/mol. The predicted octanol–water partition coefficient (Wildman–Crippen LogP) is 1.85. The maximum Gasteiger partial charge on any atom is 0.145 e. The molecule has 0 unspecified atom stereocenters. The second-order valence-corrected chi connectivity index (χ2v) is 3.58. The van der Waals surface area contributed by atoms with Gasteiger partial charge in [0.05, 0.1) is 5.69 Å². The molecule has 2 aromatic rings. The first-order valence-electron chi connectivity index (χ1n) is 4.94. The van der Waals surface area contributed by atoms with E-state index in [-0.39, 0.29) is 0 Å². The molecule has 1 aromatic heterocycles. The van der Waals surface area contributed by atoms with Gasteiger partial charge in [-0.3, -0.25) is 0 Å². The number of rotatable bonds is 3. The van der Waals surface area contributed by atoms with E-state index in [1.807, 2.05) is 26.0 Å². The lowest BCUT2D eigenvalue weighted by Crippen LogP contribution is -2.01. The first-order chi connectivity index (χ1) is 7.68. The maximum atomic E-state index is 5.81. The molecule has 0 aliphatic heterocycles. The van der Waals surface area contributed by atoms with Crippen LogP contribution in [0.5, 0.6) is 5.75 Å². The first kappa shape index (κ1) is 10.5. The minimum atomic E-state index is 0.310. The van der Waals surface area contributed by atoms with Crippen molar-refractivity contribution in [2.45, 2.75) is 20.5 Å². The highest BCUT2D eigenvalue weighted by molar-refractivity contribution is 5.56. The zero-order valence-electron chi connectivity index (χ0n) is 9.23. The number of hydrogen-bond acceptors (Lipinski definition) is 5. The van der Waals surface area contributed by atoms with E-state index >= 15 is 0 Å². The fourth-order valence-corrected chi connectivity index (χ4v) is 1.39. The van der Waals surface area contributed by atoms with Crippen molar-refractivity contribution < 1.29 is 9.37 Å². The summed E-state index contributed by atoms with van der Waals surface area (Å²) >= 11 is 0. The van der Waals surface area contributed by atoms with Crippen molar-refractivity contribution in [1.82, 2.24) is 10.3 Å². The van der Waals surface area contributed by atoms with Crippen molar-refractivity contribution in [3.8, 4) is 5.75 Å². The van der Waals surface area contributed by atoms with E-state index in [9.17, 15) is 0 Å². The van der Waals surface area contributed by atoms with E-state index in [1.165, 1.54) is 0 Å². The lowest BCUT2D eigenvalue weighted by molar-refractivity contribution is 0.270. The van der Waals surface area contributed by atoms with Crippen molar-refractivity contribution in [2.75, 3.05) is 5.73 Å². The number of ether oxygens (including phenoxy) is 1. The number of aryl methyl sites for hydroxylation is 2. The molecular weight excluding hydrogens is 206 g/mol. The van der Waals surface area contributed by atoms with Crippen LogP contribution in [0.2, 0.25) is 0 Å². The fraction of sp³-hybridized carbons (Fsp3) is 0.273. The topological polar surface area (TPSA) is 74.2 Å². The van der Waals surface area contributed by atoms with E-state index in [0.717, 1.165) is 11.3 Å². The van der Waals surface area contributed by atoms with E-state index in [2.05, 4.69) is 14.9 Å². The molecule has 0 bridgehead atoms. The van der Waals surface area contributed by atoms with Crippen LogP contribution in [0.4, 0.5) is 5.69 Å². The van der Waals surface area contributed by atoms with Crippen LogP contribution >= 0.6 is 0 Å². The van der Waals surface area contributed by atoms with Crippen LogP contribution in [0.15, 0.2) is 22.8 Å². The smallest absolute Gasteiger partial charge is 0.145 e. The summed E-state index contributed by atoms with van der Waals surface area (Å²) in [5, 5.41) is 7.41. The molecule has 0 amide bonds. The van der Waals surface area contributed by atoms with Crippen LogP contribution in [0, 0.1) is 13.8 Å². The summed E-state index contributed by atoms with van der Waals surface area (Å²) in [6.45, 7) is 4.07. The summed E-state index contributed by atoms with van der Waals surface area (Å²) in [6, 6.07) is 5.64. The third-order valence-electron chi connectivity index (χ3n) is 2.34. The van der Waals surface area contributed by atoms with E-state index in [1.54, 1.807) is 6.07 Å². The Hall–Kier alpha value is -2.04. The molecule has 0 radical (unpaired) electrons. The zero-order valence-corrected chi connectivity index (χ0v) is 9.23. The van der Waals surface area contributed by atoms with Gasteiger partial charge in [-0.05, 0) is 25.5 Å². The number of anilines is 1. The van der Waals surface area contributed by atoms with Gasteiger partial charge in [0.2, 0.25) is 0 Å². The molecule has 5 heteroatoms. The summed E-state index contributed by atoms with van der Waals surface area (Å²) < 4.78 is 10.2. The largest absolute Gasteiger partial charge is 0.485 e. The minimum Gasteiger partial charge on any atom is -0.485 e. The third kappa shape index (κ3) is 1.98. The molecule has 0 atom stereocenters. The van der Waals surface area contributed by atoms with Crippen LogP contribution in [0.3, 0.4) is 0 Å². The Morgan fingerprint density at radius 3 is 2.75 bits per heavy atom. The number of benzene rings is 1. The lowest BCUT2D eigenvalue weighted by Gasteiger charge is -2.09. The molecule has 84 valence electrons. The van der Waals surface area contributed by atoms with Gasteiger partial charge in [-0.25, -0.2) is 4.63 Å². The molecule has 0 aliphatic rings. The van der Waals surface area contributed by atoms with Crippen LogP contribution in [-0.4, -0.2) is 10.3 Å². The van der Waals surface area contributed by atoms with Crippen molar-refractivity contribution in [2.24, 2.45) is 0 Å². The molecule has 1 aromatic carbocycles. The maximum absolute atomic E-state index is 5.81. The molecule has 1 heterocycles. The number of nitrogen functional groups attached to an aromatic ring is 1. The van der Waals surface area contributed by atoms with E-state index < -0.39 is 0 Å². The highest BCUT2D eigenvalue weighted by Crippen LogP contribution is 2.26. The average Bonchev–Trinajstić information content (AvgIpc) is 2.64. The molecule has 0 saturated heterocycles. The Balaban J connectivity index is 2.14. The molecule has 5 nitrogen and oxygen atoms in total. The van der Waals surface area contributed by atoms with Gasteiger partial charge in [-0.15, -0.1) is 0 Å². The van der Waals surface area contributed by atoms with Crippen molar-refractivity contribution in [3.63, 3.8) is 0 Å². The van der Waals surface area contributed by atoms with Crippen molar-refractivity contribution in [1.29, 1.82) is 0 Å². The first-order valence-corrected chi connectivity index (χ1v) is 4.94. The van der Waals surface area contributed by atoms with E-state index in [4.69, 9.17) is 10.5 Å². The summed E-state index contributed by atoms with van der Waals surface area (Å²) in [6.07, 6.45) is 0. The van der Waals surface area contributed by atoms with Gasteiger partial charge in [-0.2, -0.15) is 0 Å². The predicted molar refractivity (Wildman–Crippen MR) is 59.0 cm³/mol. The van der Waals surface area contributed by atoms with Gasteiger partial charge in [0, 0.05) is 0 Å². The molecule has 0 fully saturated rings. The lowest BCUT2D eigenvalue weighted by atomic mass is 10.2. The fourth-order valence-electron chi connectivity index (χ4n) is 1.39. The monoisotopic (exact) mass is 219 g/mol. The number of nitrogens with zero attached hydrogens (tertiary/aromatic N) is 2. The van der Waals surface area contributed by atoms with Crippen LogP contribution < -0.4 is 10.5 Å². The van der Waals surface area contributed by atoms with E-state index in [0.29, 0.717) is 23.7 Å². The Morgan fingerprint density at radius 1 is 1.31 bits per heavy atom. The normalized spacial score (nSPS) is 10.4. The van der Waals surface area contributed by atoms with Crippen LogP contribution in [0.25, 0.3) is 0 Å². The SMILES string of the molecule is Cc1cccc(N)c1OCc1nonc1C. The molecule has 0 saturated carbocycles. The van der Waals surface area contributed by atoms with Gasteiger partial charge in [0.15, 0.2) is 0 Å². The summed E-state index contributed by atoms with van der Waals surface area (Å²) in [5.74, 6) is 0.685. The van der Waals surface area contributed by atoms with Gasteiger partial charge in [-0.1, -0.05) is 22.4 Å². The second kappa shape index (κ2) is 4.22. The summed E-state index contributed by atoms with van der Waals surface area (Å²) in [4.78, 5) is 0. The Kier molecular flexibility index (Phi) is 2.76. The Labute approximate surface area is 93.2 Å². The Morgan fingerprint density at radius 2 is 2.12 bits per heavy atom. The van der Waals surface area contributed by atoms with Crippen LogP contribution in [-0.2, 0) is 6.61 Å². The minimum absolute atomic E-state index is 0.310. The Bertz CT molecular complexity index is 473. The van der Waals surface area contributed by atoms with Crippen molar-refractivity contribution >= 4 is 5.69 Å². The zero-order chi connectivity index (χ0) is 11.5. The van der Waals surface area contributed by atoms with Crippen LogP contribution in [0.1, 0.15) is 17.0 Å². The standard InChI is InChI=1S/C11H13N3O2/c1-7-4-3-5-9(12)11(7)15-6-10-8(2)13-16-14-10/h3-5H,6,12H2,1-2H3. The van der Waals surface area contributed by atoms with Gasteiger partial charge in [0.1, 0.15) is 23.7 Å². The van der Waals surface area contributed by atoms with Crippen molar-refractivity contribution in [3.05, 3.63) is 35.2 Å². The highest BCUT2D eigenvalue weighted by Gasteiger charge is 2.08. The number of aromatic nitrogens is 2. The molecule has 2 N–H and O–H groups in total. The number of nitrogens with two attached hydrogens (primary N) is 1. The van der Waals surface area contributed by atoms with Gasteiger partial charge in [0.25, 0.3) is 0 Å². The summed E-state index contributed by atoms with van der Waals surface area (Å²) in [5.41, 5.74) is 8.84. The summed E-state index contributed by atoms with van der Waals surface area (Å²) in [7, 11) is 0. The quantitative estimate of drug-likeness (QED) is 0.797. The molecular formula is C11H13N3O2. The molecule has 16 heavy (non-hydrogen) atoms. The van der Waals surface area contributed by atoms with Gasteiger partial charge >= 0.3 is 0 Å². The molecule has 0 aliphatic carbocycles. The third-order valence-corrected chi connectivity index (χ3v) is 2.34. The molecule has 0 spiro atoms. The van der Waals surface area contributed by atoms with Gasteiger partial charge < -0.3 is 10.5 Å². The number of hydrogen-bond donors (Lipinski definition) is 1.